The minimum absolute atomic E-state index is 0.00303. The molecule has 3 rings (SSSR count). The highest BCUT2D eigenvalue weighted by Gasteiger charge is 2.41. The van der Waals surface area contributed by atoms with Gasteiger partial charge in [0.25, 0.3) is 0 Å². The van der Waals surface area contributed by atoms with Crippen LogP contribution in [0.2, 0.25) is 0 Å². The van der Waals surface area contributed by atoms with Crippen LogP contribution in [-0.4, -0.2) is 47.1 Å². The molecule has 0 radical (unpaired) electrons. The van der Waals surface area contributed by atoms with Crippen molar-refractivity contribution < 1.29 is 19.4 Å². The van der Waals surface area contributed by atoms with Gasteiger partial charge in [0, 0.05) is 6.54 Å². The zero-order valence-electron chi connectivity index (χ0n) is 17.6. The zero-order chi connectivity index (χ0) is 21.6. The molecule has 1 amide bonds. The summed E-state index contributed by atoms with van der Waals surface area (Å²) in [5.74, 6) is -0.128. The van der Waals surface area contributed by atoms with E-state index in [-0.39, 0.29) is 17.5 Å². The molecule has 160 valence electrons. The molecule has 2 aromatic carbocycles. The number of carbonyl (C=O) groups excluding carboxylic acids is 1. The number of likely N-dealkylation sites (tertiary alicyclic amines) is 1. The number of carbonyl (C=O) groups is 2. The standard InChI is InChI=1S/C24H30N2O4/c1-18(19-10-12-20(13-11-19)22(27)28)25-23(29)24(2)14-6-7-15-26(24)16-17-30-21-8-4-3-5-9-21/h3-5,8-13,18H,6-7,14-17H2,1-2H3,(H,25,29)(H,27,28)/t18-,24+/m0/s1. The number of carboxylic acid groups (broad SMARTS) is 1. The Balaban J connectivity index is 1.61. The van der Waals surface area contributed by atoms with Crippen molar-refractivity contribution in [3.05, 3.63) is 65.7 Å². The summed E-state index contributed by atoms with van der Waals surface area (Å²) in [5, 5.41) is 12.2. The molecule has 0 spiro atoms. The van der Waals surface area contributed by atoms with Gasteiger partial charge in [-0.2, -0.15) is 0 Å². The maximum atomic E-state index is 13.2. The SMILES string of the molecule is C[C@H](NC(=O)[C@@]1(C)CCCCN1CCOc1ccccc1)c1ccc(C(=O)O)cc1. The Bertz CT molecular complexity index is 853. The van der Waals surface area contributed by atoms with Crippen molar-refractivity contribution in [3.63, 3.8) is 0 Å². The van der Waals surface area contributed by atoms with E-state index in [9.17, 15) is 9.59 Å². The number of nitrogens with zero attached hydrogens (tertiary/aromatic N) is 1. The Labute approximate surface area is 177 Å². The van der Waals surface area contributed by atoms with Crippen molar-refractivity contribution in [1.29, 1.82) is 0 Å². The highest BCUT2D eigenvalue weighted by atomic mass is 16.5. The summed E-state index contributed by atoms with van der Waals surface area (Å²) in [7, 11) is 0. The fourth-order valence-corrected chi connectivity index (χ4v) is 3.93. The number of amides is 1. The van der Waals surface area contributed by atoms with E-state index in [1.54, 1.807) is 24.3 Å². The topological polar surface area (TPSA) is 78.9 Å². The Morgan fingerprint density at radius 1 is 1.13 bits per heavy atom. The molecule has 2 atom stereocenters. The summed E-state index contributed by atoms with van der Waals surface area (Å²) in [6.07, 6.45) is 2.89. The van der Waals surface area contributed by atoms with Gasteiger partial charge in [0.05, 0.1) is 17.1 Å². The molecular weight excluding hydrogens is 380 g/mol. The molecule has 0 aliphatic carbocycles. The number of carboxylic acids is 1. The lowest BCUT2D eigenvalue weighted by Crippen LogP contribution is -2.60. The molecule has 1 heterocycles. The van der Waals surface area contributed by atoms with E-state index in [1.165, 1.54) is 0 Å². The normalized spacial score (nSPS) is 20.3. The van der Waals surface area contributed by atoms with Crippen molar-refractivity contribution in [2.24, 2.45) is 0 Å². The third-order valence-corrected chi connectivity index (χ3v) is 5.91. The van der Waals surface area contributed by atoms with Gasteiger partial charge in [0.15, 0.2) is 0 Å². The van der Waals surface area contributed by atoms with E-state index in [4.69, 9.17) is 9.84 Å². The van der Waals surface area contributed by atoms with Crippen LogP contribution in [-0.2, 0) is 4.79 Å². The van der Waals surface area contributed by atoms with Crippen LogP contribution in [0.4, 0.5) is 0 Å². The number of ether oxygens (including phenoxy) is 1. The predicted octanol–water partition coefficient (Wildman–Crippen LogP) is 3.89. The number of aromatic carboxylic acids is 1. The summed E-state index contributed by atoms with van der Waals surface area (Å²) >= 11 is 0. The highest BCUT2D eigenvalue weighted by molar-refractivity contribution is 5.88. The molecule has 1 aliphatic rings. The number of para-hydroxylation sites is 1. The summed E-state index contributed by atoms with van der Waals surface area (Å²) in [6.45, 7) is 6.00. The summed E-state index contributed by atoms with van der Waals surface area (Å²) in [6, 6.07) is 16.1. The van der Waals surface area contributed by atoms with Gasteiger partial charge in [0.1, 0.15) is 12.4 Å². The zero-order valence-corrected chi connectivity index (χ0v) is 17.6. The lowest BCUT2D eigenvalue weighted by atomic mass is 9.87. The van der Waals surface area contributed by atoms with Crippen molar-refractivity contribution >= 4 is 11.9 Å². The Hall–Kier alpha value is -2.86. The van der Waals surface area contributed by atoms with Crippen LogP contribution < -0.4 is 10.1 Å². The second-order valence-corrected chi connectivity index (χ2v) is 8.00. The average Bonchev–Trinajstić information content (AvgIpc) is 2.76. The largest absolute Gasteiger partial charge is 0.492 e. The van der Waals surface area contributed by atoms with E-state index < -0.39 is 11.5 Å². The third-order valence-electron chi connectivity index (χ3n) is 5.91. The van der Waals surface area contributed by atoms with E-state index >= 15 is 0 Å². The Morgan fingerprint density at radius 2 is 1.83 bits per heavy atom. The molecule has 0 aromatic heterocycles. The molecule has 6 nitrogen and oxygen atoms in total. The fourth-order valence-electron chi connectivity index (χ4n) is 3.93. The minimum atomic E-state index is -0.957. The maximum absolute atomic E-state index is 13.2. The maximum Gasteiger partial charge on any atom is 0.335 e. The number of rotatable bonds is 8. The van der Waals surface area contributed by atoms with Crippen molar-refractivity contribution in [3.8, 4) is 5.75 Å². The number of hydrogen-bond donors (Lipinski definition) is 2. The lowest BCUT2D eigenvalue weighted by Gasteiger charge is -2.44. The molecule has 30 heavy (non-hydrogen) atoms. The van der Waals surface area contributed by atoms with Crippen LogP contribution in [0.15, 0.2) is 54.6 Å². The second-order valence-electron chi connectivity index (χ2n) is 8.00. The first-order chi connectivity index (χ1) is 14.4. The Kier molecular flexibility index (Phi) is 7.11. The minimum Gasteiger partial charge on any atom is -0.492 e. The Morgan fingerprint density at radius 3 is 2.50 bits per heavy atom. The number of nitrogens with one attached hydrogen (secondary N) is 1. The van der Waals surface area contributed by atoms with Crippen LogP contribution in [0.3, 0.4) is 0 Å². The smallest absolute Gasteiger partial charge is 0.335 e. The first-order valence-corrected chi connectivity index (χ1v) is 10.5. The van der Waals surface area contributed by atoms with Crippen molar-refractivity contribution in [2.45, 2.75) is 44.7 Å². The van der Waals surface area contributed by atoms with Gasteiger partial charge in [0.2, 0.25) is 5.91 Å². The summed E-state index contributed by atoms with van der Waals surface area (Å²) in [4.78, 5) is 26.5. The van der Waals surface area contributed by atoms with Gasteiger partial charge in [-0.3, -0.25) is 9.69 Å². The van der Waals surface area contributed by atoms with Gasteiger partial charge in [-0.25, -0.2) is 4.79 Å². The van der Waals surface area contributed by atoms with Gasteiger partial charge in [-0.15, -0.1) is 0 Å². The summed E-state index contributed by atoms with van der Waals surface area (Å²) in [5.41, 5.74) is 0.529. The van der Waals surface area contributed by atoms with Crippen LogP contribution in [0.1, 0.15) is 55.1 Å². The second kappa shape index (κ2) is 9.76. The quantitative estimate of drug-likeness (QED) is 0.690. The van der Waals surface area contributed by atoms with Crippen molar-refractivity contribution in [2.75, 3.05) is 19.7 Å². The van der Waals surface area contributed by atoms with Crippen LogP contribution in [0.5, 0.6) is 5.75 Å². The van der Waals surface area contributed by atoms with E-state index in [0.29, 0.717) is 13.2 Å². The monoisotopic (exact) mass is 410 g/mol. The third kappa shape index (κ3) is 5.19. The van der Waals surface area contributed by atoms with Gasteiger partial charge in [-0.05, 0) is 69.5 Å². The highest BCUT2D eigenvalue weighted by Crippen LogP contribution is 2.29. The van der Waals surface area contributed by atoms with Crippen LogP contribution in [0.25, 0.3) is 0 Å². The van der Waals surface area contributed by atoms with Gasteiger partial charge >= 0.3 is 5.97 Å². The van der Waals surface area contributed by atoms with Crippen LogP contribution >= 0.6 is 0 Å². The average molecular weight is 411 g/mol. The molecule has 1 saturated heterocycles. The molecule has 2 N–H and O–H groups in total. The molecule has 0 unspecified atom stereocenters. The first-order valence-electron chi connectivity index (χ1n) is 10.5. The molecule has 2 aromatic rings. The molecular formula is C24H30N2O4. The lowest BCUT2D eigenvalue weighted by molar-refractivity contribution is -0.136. The number of piperidine rings is 1. The first kappa shape index (κ1) is 21.8. The molecule has 1 aliphatic heterocycles. The number of hydrogen-bond acceptors (Lipinski definition) is 4. The van der Waals surface area contributed by atoms with E-state index in [2.05, 4.69) is 10.2 Å². The number of benzene rings is 2. The predicted molar refractivity (Wildman–Crippen MR) is 116 cm³/mol. The van der Waals surface area contributed by atoms with Crippen molar-refractivity contribution in [1.82, 2.24) is 10.2 Å². The van der Waals surface area contributed by atoms with Gasteiger partial charge in [-0.1, -0.05) is 30.3 Å². The molecule has 0 bridgehead atoms. The molecule has 6 heteroatoms. The molecule has 0 saturated carbocycles. The fraction of sp³-hybridized carbons (Fsp3) is 0.417. The summed E-state index contributed by atoms with van der Waals surface area (Å²) < 4.78 is 5.84. The van der Waals surface area contributed by atoms with Gasteiger partial charge < -0.3 is 15.2 Å². The van der Waals surface area contributed by atoms with E-state index in [1.807, 2.05) is 44.2 Å². The van der Waals surface area contributed by atoms with E-state index in [0.717, 1.165) is 37.1 Å². The molecule has 1 fully saturated rings. The van der Waals surface area contributed by atoms with Crippen LogP contribution in [0, 0.1) is 0 Å².